The van der Waals surface area contributed by atoms with Gasteiger partial charge < -0.3 is 9.64 Å². The molecule has 0 N–H and O–H groups in total. The van der Waals surface area contributed by atoms with Crippen molar-refractivity contribution in [1.82, 2.24) is 4.90 Å². The van der Waals surface area contributed by atoms with Gasteiger partial charge in [0.05, 0.1) is 24.7 Å². The number of carbonyl (C=O) groups is 1. The summed E-state index contributed by atoms with van der Waals surface area (Å²) in [4.78, 5) is 13.4. The first kappa shape index (κ1) is 12.3. The summed E-state index contributed by atoms with van der Waals surface area (Å²) in [5.41, 5.74) is 0.738. The highest BCUT2D eigenvalue weighted by Crippen LogP contribution is 2.17. The molecule has 2 rings (SSSR count). The standard InChI is InChI=1S/C12H13ClFNO2/c13-10-2-1-9(7-11(10)14)8-15-4-6-17-5-3-12(15)16/h1-2,7H,3-6,8H2. The normalized spacial score (nSPS) is 17.1. The number of hydrogen-bond donors (Lipinski definition) is 0. The van der Waals surface area contributed by atoms with Gasteiger partial charge in [0.25, 0.3) is 0 Å². The van der Waals surface area contributed by atoms with Crippen molar-refractivity contribution in [2.45, 2.75) is 13.0 Å². The van der Waals surface area contributed by atoms with Gasteiger partial charge in [-0.3, -0.25) is 4.79 Å². The van der Waals surface area contributed by atoms with E-state index in [4.69, 9.17) is 16.3 Å². The summed E-state index contributed by atoms with van der Waals surface area (Å²) >= 11 is 5.60. The molecule has 1 saturated heterocycles. The van der Waals surface area contributed by atoms with E-state index >= 15 is 0 Å². The fourth-order valence-corrected chi connectivity index (χ4v) is 1.86. The van der Waals surface area contributed by atoms with E-state index < -0.39 is 5.82 Å². The maximum atomic E-state index is 13.3. The lowest BCUT2D eigenvalue weighted by atomic mass is 10.2. The molecule has 1 aromatic carbocycles. The van der Waals surface area contributed by atoms with Crippen molar-refractivity contribution >= 4 is 17.5 Å². The summed E-state index contributed by atoms with van der Waals surface area (Å²) in [6.45, 7) is 1.94. The molecule has 1 aliphatic heterocycles. The molecule has 0 unspecified atom stereocenters. The Morgan fingerprint density at radius 1 is 1.41 bits per heavy atom. The first-order valence-electron chi connectivity index (χ1n) is 5.46. The number of nitrogens with zero attached hydrogens (tertiary/aromatic N) is 1. The van der Waals surface area contributed by atoms with Crippen molar-refractivity contribution in [3.05, 3.63) is 34.6 Å². The van der Waals surface area contributed by atoms with Crippen LogP contribution in [0.5, 0.6) is 0 Å². The second-order valence-corrected chi connectivity index (χ2v) is 4.33. The monoisotopic (exact) mass is 257 g/mol. The second kappa shape index (κ2) is 5.47. The van der Waals surface area contributed by atoms with Crippen LogP contribution < -0.4 is 0 Å². The molecular formula is C12H13ClFNO2. The number of hydrogen-bond acceptors (Lipinski definition) is 2. The summed E-state index contributed by atoms with van der Waals surface area (Å²) in [7, 11) is 0. The Hall–Kier alpha value is -1.13. The van der Waals surface area contributed by atoms with Crippen LogP contribution in [0.25, 0.3) is 0 Å². The highest BCUT2D eigenvalue weighted by molar-refractivity contribution is 6.30. The number of halogens is 2. The molecule has 92 valence electrons. The molecule has 0 bridgehead atoms. The number of ether oxygens (including phenoxy) is 1. The average molecular weight is 258 g/mol. The van der Waals surface area contributed by atoms with Crippen LogP contribution >= 0.6 is 11.6 Å². The van der Waals surface area contributed by atoms with Gasteiger partial charge in [-0.2, -0.15) is 0 Å². The molecule has 0 aromatic heterocycles. The minimum atomic E-state index is -0.456. The van der Waals surface area contributed by atoms with Crippen molar-refractivity contribution < 1.29 is 13.9 Å². The van der Waals surface area contributed by atoms with Crippen LogP contribution in [0.3, 0.4) is 0 Å². The predicted octanol–water partition coefficient (Wildman–Crippen LogP) is 2.23. The third kappa shape index (κ3) is 3.17. The van der Waals surface area contributed by atoms with Crippen LogP contribution in [-0.2, 0) is 16.1 Å². The van der Waals surface area contributed by atoms with Gasteiger partial charge in [-0.1, -0.05) is 17.7 Å². The lowest BCUT2D eigenvalue weighted by Crippen LogP contribution is -2.31. The van der Waals surface area contributed by atoms with Crippen molar-refractivity contribution in [3.8, 4) is 0 Å². The maximum Gasteiger partial charge on any atom is 0.225 e. The van der Waals surface area contributed by atoms with E-state index in [2.05, 4.69) is 0 Å². The summed E-state index contributed by atoms with van der Waals surface area (Å²) in [5.74, 6) is -0.416. The van der Waals surface area contributed by atoms with E-state index in [0.29, 0.717) is 32.7 Å². The molecule has 0 spiro atoms. The van der Waals surface area contributed by atoms with Gasteiger partial charge in [-0.05, 0) is 17.7 Å². The Balaban J connectivity index is 2.08. The highest BCUT2D eigenvalue weighted by atomic mass is 35.5. The zero-order valence-corrected chi connectivity index (χ0v) is 10.0. The molecule has 1 fully saturated rings. The molecule has 1 amide bonds. The van der Waals surface area contributed by atoms with E-state index in [1.165, 1.54) is 12.1 Å². The largest absolute Gasteiger partial charge is 0.379 e. The first-order valence-corrected chi connectivity index (χ1v) is 5.84. The Kier molecular flexibility index (Phi) is 3.97. The molecule has 3 nitrogen and oxygen atoms in total. The quantitative estimate of drug-likeness (QED) is 0.813. The van der Waals surface area contributed by atoms with E-state index in [1.807, 2.05) is 0 Å². The van der Waals surface area contributed by atoms with Gasteiger partial charge in [-0.15, -0.1) is 0 Å². The van der Waals surface area contributed by atoms with Crippen LogP contribution in [0.2, 0.25) is 5.02 Å². The number of benzene rings is 1. The zero-order chi connectivity index (χ0) is 12.3. The molecule has 0 radical (unpaired) electrons. The topological polar surface area (TPSA) is 29.5 Å². The molecular weight excluding hydrogens is 245 g/mol. The minimum Gasteiger partial charge on any atom is -0.379 e. The summed E-state index contributed by atoms with van der Waals surface area (Å²) in [5, 5.41) is 0.0966. The Labute approximate surface area is 104 Å². The number of carbonyl (C=O) groups excluding carboxylic acids is 1. The fourth-order valence-electron chi connectivity index (χ4n) is 1.74. The summed E-state index contributed by atoms with van der Waals surface area (Å²) in [6, 6.07) is 4.59. The number of amides is 1. The van der Waals surface area contributed by atoms with Gasteiger partial charge in [0, 0.05) is 13.1 Å². The van der Waals surface area contributed by atoms with Crippen LogP contribution in [0.1, 0.15) is 12.0 Å². The molecule has 0 saturated carbocycles. The van der Waals surface area contributed by atoms with Gasteiger partial charge in [0.2, 0.25) is 5.91 Å². The third-order valence-corrected chi connectivity index (χ3v) is 2.98. The summed E-state index contributed by atoms with van der Waals surface area (Å²) in [6.07, 6.45) is 0.385. The van der Waals surface area contributed by atoms with E-state index in [0.717, 1.165) is 5.56 Å². The van der Waals surface area contributed by atoms with Gasteiger partial charge >= 0.3 is 0 Å². The van der Waals surface area contributed by atoms with Crippen LogP contribution in [0, 0.1) is 5.82 Å². The Morgan fingerprint density at radius 3 is 3.00 bits per heavy atom. The van der Waals surface area contributed by atoms with Gasteiger partial charge in [-0.25, -0.2) is 4.39 Å². The van der Waals surface area contributed by atoms with Crippen LogP contribution in [-0.4, -0.2) is 30.6 Å². The lowest BCUT2D eigenvalue weighted by molar-refractivity contribution is -0.131. The van der Waals surface area contributed by atoms with Crippen molar-refractivity contribution in [3.63, 3.8) is 0 Å². The molecule has 0 atom stereocenters. The molecule has 1 aliphatic rings. The second-order valence-electron chi connectivity index (χ2n) is 3.93. The van der Waals surface area contributed by atoms with Gasteiger partial charge in [0.15, 0.2) is 0 Å². The SMILES string of the molecule is O=C1CCOCCN1Cc1ccc(Cl)c(F)c1. The lowest BCUT2D eigenvalue weighted by Gasteiger charge is -2.19. The highest BCUT2D eigenvalue weighted by Gasteiger charge is 2.17. The van der Waals surface area contributed by atoms with Crippen molar-refractivity contribution in [2.75, 3.05) is 19.8 Å². The number of rotatable bonds is 2. The van der Waals surface area contributed by atoms with Crippen molar-refractivity contribution in [1.29, 1.82) is 0 Å². The van der Waals surface area contributed by atoms with Crippen LogP contribution in [0.15, 0.2) is 18.2 Å². The molecule has 17 heavy (non-hydrogen) atoms. The Morgan fingerprint density at radius 2 is 2.24 bits per heavy atom. The van der Waals surface area contributed by atoms with Gasteiger partial charge in [0.1, 0.15) is 5.82 Å². The van der Waals surface area contributed by atoms with E-state index in [9.17, 15) is 9.18 Å². The third-order valence-electron chi connectivity index (χ3n) is 2.68. The molecule has 5 heteroatoms. The smallest absolute Gasteiger partial charge is 0.225 e. The summed E-state index contributed by atoms with van der Waals surface area (Å²) < 4.78 is 18.5. The molecule has 1 heterocycles. The maximum absolute atomic E-state index is 13.3. The average Bonchev–Trinajstić information content (AvgIpc) is 2.50. The zero-order valence-electron chi connectivity index (χ0n) is 9.29. The fraction of sp³-hybridized carbons (Fsp3) is 0.417. The van der Waals surface area contributed by atoms with E-state index in [-0.39, 0.29) is 10.9 Å². The molecule has 0 aliphatic carbocycles. The minimum absolute atomic E-state index is 0.0397. The Bertz CT molecular complexity index is 425. The van der Waals surface area contributed by atoms with Crippen molar-refractivity contribution in [2.24, 2.45) is 0 Å². The molecule has 1 aromatic rings. The predicted molar refractivity (Wildman–Crippen MR) is 62.3 cm³/mol. The van der Waals surface area contributed by atoms with Crippen LogP contribution in [0.4, 0.5) is 4.39 Å². The van der Waals surface area contributed by atoms with E-state index in [1.54, 1.807) is 11.0 Å². The first-order chi connectivity index (χ1) is 8.16.